The van der Waals surface area contributed by atoms with Gasteiger partial charge in [-0.3, -0.25) is 9.00 Å². The van der Waals surface area contributed by atoms with E-state index < -0.39 is 10.8 Å². The number of amides is 1. The van der Waals surface area contributed by atoms with Gasteiger partial charge in [-0.25, -0.2) is 0 Å². The van der Waals surface area contributed by atoms with Gasteiger partial charge in [-0.05, 0) is 6.07 Å². The van der Waals surface area contributed by atoms with Crippen molar-refractivity contribution in [3.05, 3.63) is 18.0 Å². The number of hydrogen-bond donors (Lipinski definition) is 3. The van der Waals surface area contributed by atoms with Crippen molar-refractivity contribution < 1.29 is 9.00 Å². The molecule has 78 valence electrons. The summed E-state index contributed by atoms with van der Waals surface area (Å²) >= 11 is 0. The molecular weight excluding hydrogens is 202 g/mol. The van der Waals surface area contributed by atoms with Crippen molar-refractivity contribution >= 4 is 22.4 Å². The fraction of sp³-hybridized carbons (Fsp3) is 0.375. The maximum Gasteiger partial charge on any atom is 0.267 e. The lowest BCUT2D eigenvalue weighted by atomic mass is 10.4. The lowest BCUT2D eigenvalue weighted by molar-refractivity contribution is 0.0952. The predicted molar refractivity (Wildman–Crippen MR) is 56.5 cm³/mol. The number of nitrogen functional groups attached to an aromatic ring is 1. The van der Waals surface area contributed by atoms with Crippen molar-refractivity contribution in [1.29, 1.82) is 0 Å². The molecule has 14 heavy (non-hydrogen) atoms. The van der Waals surface area contributed by atoms with Gasteiger partial charge in [-0.1, -0.05) is 0 Å². The summed E-state index contributed by atoms with van der Waals surface area (Å²) in [6.45, 7) is 0.404. The topological polar surface area (TPSA) is 88.0 Å². The molecule has 0 saturated heterocycles. The number of hydrogen-bond acceptors (Lipinski definition) is 3. The molecule has 0 aliphatic rings. The Bertz CT molecular complexity index is 348. The second-order valence-electron chi connectivity index (χ2n) is 2.88. The van der Waals surface area contributed by atoms with E-state index in [1.807, 2.05) is 0 Å². The van der Waals surface area contributed by atoms with Crippen LogP contribution < -0.4 is 11.1 Å². The Hall–Kier alpha value is -1.30. The van der Waals surface area contributed by atoms with Crippen LogP contribution in [-0.2, 0) is 10.8 Å². The van der Waals surface area contributed by atoms with Crippen molar-refractivity contribution in [3.8, 4) is 0 Å². The summed E-state index contributed by atoms with van der Waals surface area (Å²) in [6.07, 6.45) is 3.14. The molecule has 1 rings (SSSR count). The van der Waals surface area contributed by atoms with Crippen LogP contribution in [0.5, 0.6) is 0 Å². The number of rotatable bonds is 4. The monoisotopic (exact) mass is 215 g/mol. The first kappa shape index (κ1) is 10.8. The van der Waals surface area contributed by atoms with Gasteiger partial charge >= 0.3 is 0 Å². The van der Waals surface area contributed by atoms with Gasteiger partial charge in [0.1, 0.15) is 5.69 Å². The van der Waals surface area contributed by atoms with Gasteiger partial charge < -0.3 is 16.0 Å². The summed E-state index contributed by atoms with van der Waals surface area (Å²) in [5.41, 5.74) is 6.38. The normalized spacial score (nSPS) is 12.4. The first-order valence-electron chi connectivity index (χ1n) is 4.11. The molecule has 1 unspecified atom stereocenters. The van der Waals surface area contributed by atoms with Crippen LogP contribution in [0.4, 0.5) is 5.69 Å². The molecule has 4 N–H and O–H groups in total. The molecule has 0 aliphatic carbocycles. The van der Waals surface area contributed by atoms with Crippen molar-refractivity contribution in [1.82, 2.24) is 10.3 Å². The van der Waals surface area contributed by atoms with E-state index in [4.69, 9.17) is 5.73 Å². The van der Waals surface area contributed by atoms with E-state index >= 15 is 0 Å². The SMILES string of the molecule is CS(=O)CCNC(=O)c1cc(N)c[nH]1. The fourth-order valence-corrected chi connectivity index (χ4v) is 1.34. The zero-order valence-electron chi connectivity index (χ0n) is 7.87. The lowest BCUT2D eigenvalue weighted by Crippen LogP contribution is -2.27. The van der Waals surface area contributed by atoms with Crippen molar-refractivity contribution in [2.24, 2.45) is 0 Å². The summed E-state index contributed by atoms with van der Waals surface area (Å²) in [5.74, 6) is 0.231. The molecule has 0 aromatic carbocycles. The highest BCUT2D eigenvalue weighted by Gasteiger charge is 2.06. The number of H-pyrrole nitrogens is 1. The van der Waals surface area contributed by atoms with Crippen LogP contribution in [0.25, 0.3) is 0 Å². The number of carbonyl (C=O) groups excluding carboxylic acids is 1. The van der Waals surface area contributed by atoms with Gasteiger partial charge in [0.05, 0.1) is 0 Å². The van der Waals surface area contributed by atoms with E-state index in [0.29, 0.717) is 23.7 Å². The summed E-state index contributed by atoms with van der Waals surface area (Å²) in [6, 6.07) is 1.55. The number of carbonyl (C=O) groups is 1. The van der Waals surface area contributed by atoms with Crippen molar-refractivity contribution in [2.45, 2.75) is 0 Å². The Morgan fingerprint density at radius 2 is 2.43 bits per heavy atom. The zero-order valence-corrected chi connectivity index (χ0v) is 8.69. The Labute approximate surface area is 84.5 Å². The second kappa shape index (κ2) is 4.80. The van der Waals surface area contributed by atoms with Crippen LogP contribution in [-0.4, -0.2) is 33.7 Å². The van der Waals surface area contributed by atoms with Crippen LogP contribution in [0.2, 0.25) is 0 Å². The van der Waals surface area contributed by atoms with Gasteiger partial charge in [0, 0.05) is 41.2 Å². The molecule has 0 saturated carbocycles. The highest BCUT2D eigenvalue weighted by atomic mass is 32.2. The van der Waals surface area contributed by atoms with E-state index in [1.54, 1.807) is 18.5 Å². The number of aromatic nitrogens is 1. The molecule has 1 atom stereocenters. The molecule has 1 aromatic rings. The Morgan fingerprint density at radius 3 is 2.93 bits per heavy atom. The third kappa shape index (κ3) is 3.21. The van der Waals surface area contributed by atoms with Gasteiger partial charge in [0.15, 0.2) is 0 Å². The average molecular weight is 215 g/mol. The van der Waals surface area contributed by atoms with E-state index in [-0.39, 0.29) is 5.91 Å². The van der Waals surface area contributed by atoms with E-state index in [2.05, 4.69) is 10.3 Å². The first-order valence-corrected chi connectivity index (χ1v) is 5.84. The average Bonchev–Trinajstić information content (AvgIpc) is 2.51. The van der Waals surface area contributed by atoms with Crippen LogP contribution in [0.1, 0.15) is 10.5 Å². The summed E-state index contributed by atoms with van der Waals surface area (Å²) < 4.78 is 10.7. The van der Waals surface area contributed by atoms with Crippen LogP contribution in [0, 0.1) is 0 Å². The third-order valence-corrected chi connectivity index (χ3v) is 2.40. The maximum atomic E-state index is 11.3. The summed E-state index contributed by atoms with van der Waals surface area (Å²) in [7, 11) is -0.883. The minimum Gasteiger partial charge on any atom is -0.397 e. The standard InChI is InChI=1S/C8H13N3O2S/c1-14(13)3-2-10-8(12)7-4-6(9)5-11-7/h4-5,11H,2-3,9H2,1H3,(H,10,12). The highest BCUT2D eigenvalue weighted by Crippen LogP contribution is 2.03. The first-order chi connectivity index (χ1) is 6.59. The number of anilines is 1. The molecule has 0 fully saturated rings. The molecule has 0 spiro atoms. The van der Waals surface area contributed by atoms with Gasteiger partial charge in [0.2, 0.25) is 0 Å². The van der Waals surface area contributed by atoms with Gasteiger partial charge in [-0.15, -0.1) is 0 Å². The van der Waals surface area contributed by atoms with Gasteiger partial charge in [0.25, 0.3) is 5.91 Å². The molecule has 1 amide bonds. The fourth-order valence-electron chi connectivity index (χ4n) is 0.946. The Morgan fingerprint density at radius 1 is 1.71 bits per heavy atom. The highest BCUT2D eigenvalue weighted by molar-refractivity contribution is 7.84. The largest absolute Gasteiger partial charge is 0.397 e. The predicted octanol–water partition coefficient (Wildman–Crippen LogP) is -0.295. The molecule has 0 radical (unpaired) electrons. The Balaban J connectivity index is 2.39. The van der Waals surface area contributed by atoms with E-state index in [9.17, 15) is 9.00 Å². The quantitative estimate of drug-likeness (QED) is 0.644. The number of aromatic amines is 1. The molecule has 1 aromatic heterocycles. The van der Waals surface area contributed by atoms with Crippen molar-refractivity contribution in [2.75, 3.05) is 24.3 Å². The summed E-state index contributed by atoms with van der Waals surface area (Å²) in [5, 5.41) is 2.62. The molecule has 6 heteroatoms. The molecule has 5 nitrogen and oxygen atoms in total. The smallest absolute Gasteiger partial charge is 0.267 e. The van der Waals surface area contributed by atoms with E-state index in [1.165, 1.54) is 0 Å². The van der Waals surface area contributed by atoms with E-state index in [0.717, 1.165) is 0 Å². The van der Waals surface area contributed by atoms with Crippen LogP contribution in [0.3, 0.4) is 0 Å². The molecular formula is C8H13N3O2S. The lowest BCUT2D eigenvalue weighted by Gasteiger charge is -2.00. The second-order valence-corrected chi connectivity index (χ2v) is 4.43. The third-order valence-electron chi connectivity index (χ3n) is 1.63. The molecule has 1 heterocycles. The number of nitrogens with one attached hydrogen (secondary N) is 2. The molecule has 0 aliphatic heterocycles. The molecule has 0 bridgehead atoms. The Kier molecular flexibility index (Phi) is 3.70. The number of nitrogens with two attached hydrogens (primary N) is 1. The summed E-state index contributed by atoms with van der Waals surface area (Å²) in [4.78, 5) is 14.1. The van der Waals surface area contributed by atoms with Crippen LogP contribution >= 0.6 is 0 Å². The zero-order chi connectivity index (χ0) is 10.6. The maximum absolute atomic E-state index is 11.3. The van der Waals surface area contributed by atoms with Crippen LogP contribution in [0.15, 0.2) is 12.3 Å². The minimum atomic E-state index is -0.883. The minimum absolute atomic E-state index is 0.229. The van der Waals surface area contributed by atoms with Crippen molar-refractivity contribution in [3.63, 3.8) is 0 Å². The van der Waals surface area contributed by atoms with Gasteiger partial charge in [-0.2, -0.15) is 0 Å².